The third-order valence-corrected chi connectivity index (χ3v) is 5.09. The van der Waals surface area contributed by atoms with E-state index in [9.17, 15) is 8.42 Å². The molecule has 0 heterocycles. The van der Waals surface area contributed by atoms with Crippen LogP contribution in [-0.4, -0.2) is 13.7 Å². The van der Waals surface area contributed by atoms with E-state index in [1.807, 2.05) is 42.5 Å². The van der Waals surface area contributed by atoms with E-state index in [0.717, 1.165) is 12.0 Å². The third-order valence-electron chi connectivity index (χ3n) is 3.30. The van der Waals surface area contributed by atoms with Gasteiger partial charge in [0.25, 0.3) is 0 Å². The Bertz CT molecular complexity index is 662. The minimum atomic E-state index is -3.21. The molecular weight excluding hydrogens is 282 g/mol. The van der Waals surface area contributed by atoms with E-state index in [-0.39, 0.29) is 0 Å². The second-order valence-electron chi connectivity index (χ2n) is 5.32. The second-order valence-corrected chi connectivity index (χ2v) is 7.64. The van der Waals surface area contributed by atoms with Crippen molar-refractivity contribution in [3.8, 4) is 0 Å². The summed E-state index contributed by atoms with van der Waals surface area (Å²) in [6.45, 7) is 3.67. The summed E-state index contributed by atoms with van der Waals surface area (Å²) in [5.41, 5.74) is 3.37. The highest BCUT2D eigenvalue weighted by atomic mass is 32.2. The maximum atomic E-state index is 11.7. The van der Waals surface area contributed by atoms with Crippen LogP contribution in [0.1, 0.15) is 30.5 Å². The van der Waals surface area contributed by atoms with E-state index in [1.165, 1.54) is 11.1 Å². The minimum Gasteiger partial charge on any atom is -0.212 e. The Kier molecular flexibility index (Phi) is 5.15. The largest absolute Gasteiger partial charge is 0.214 e. The van der Waals surface area contributed by atoms with Crippen LogP contribution in [0, 0.1) is 6.07 Å². The zero-order chi connectivity index (χ0) is 15.3. The Morgan fingerprint density at radius 1 is 1.05 bits per heavy atom. The smallest absolute Gasteiger partial charge is 0.212 e. The van der Waals surface area contributed by atoms with Crippen molar-refractivity contribution in [2.45, 2.75) is 32.1 Å². The van der Waals surface area contributed by atoms with Gasteiger partial charge in [0.1, 0.15) is 0 Å². The van der Waals surface area contributed by atoms with Gasteiger partial charge in [0.15, 0.2) is 0 Å². The van der Waals surface area contributed by atoms with Crippen molar-refractivity contribution in [2.75, 3.05) is 0 Å². The van der Waals surface area contributed by atoms with E-state index in [4.69, 9.17) is 0 Å². The molecule has 1 radical (unpaired) electrons. The topological polar surface area (TPSA) is 46.2 Å². The summed E-state index contributed by atoms with van der Waals surface area (Å²) in [5.74, 6) is 0. The molecule has 0 aromatic heterocycles. The zero-order valence-corrected chi connectivity index (χ0v) is 13.2. The van der Waals surface area contributed by atoms with Crippen molar-refractivity contribution in [2.24, 2.45) is 0 Å². The van der Waals surface area contributed by atoms with Gasteiger partial charge in [-0.3, -0.25) is 0 Å². The molecule has 0 aliphatic heterocycles. The summed E-state index contributed by atoms with van der Waals surface area (Å²) >= 11 is 0. The van der Waals surface area contributed by atoms with Crippen LogP contribution in [0.2, 0.25) is 0 Å². The molecule has 0 spiro atoms. The molecule has 0 fully saturated rings. The van der Waals surface area contributed by atoms with Gasteiger partial charge in [-0.25, -0.2) is 13.1 Å². The highest BCUT2D eigenvalue weighted by Gasteiger charge is 2.14. The lowest BCUT2D eigenvalue weighted by molar-refractivity contribution is 0.572. The molecule has 2 rings (SSSR count). The molecular formula is C17H20NO2S. The van der Waals surface area contributed by atoms with Crippen molar-refractivity contribution in [3.05, 3.63) is 71.3 Å². The van der Waals surface area contributed by atoms with Gasteiger partial charge in [-0.15, -0.1) is 0 Å². The highest BCUT2D eigenvalue weighted by molar-refractivity contribution is 7.90. The van der Waals surface area contributed by atoms with Gasteiger partial charge in [-0.2, -0.15) is 0 Å². The summed E-state index contributed by atoms with van der Waals surface area (Å²) in [5, 5.41) is -0.411. The SMILES string of the molecule is CC(C)S(=O)(=O)NCc1ccc(Cc2c[c]ccc2)cc1. The molecule has 0 saturated carbocycles. The van der Waals surface area contributed by atoms with Crippen LogP contribution >= 0.6 is 0 Å². The van der Waals surface area contributed by atoms with Crippen LogP contribution in [-0.2, 0) is 23.0 Å². The Labute approximate surface area is 127 Å². The van der Waals surface area contributed by atoms with Crippen LogP contribution in [0.15, 0.2) is 48.5 Å². The van der Waals surface area contributed by atoms with E-state index in [1.54, 1.807) is 13.8 Å². The van der Waals surface area contributed by atoms with Gasteiger partial charge >= 0.3 is 0 Å². The molecule has 0 atom stereocenters. The zero-order valence-electron chi connectivity index (χ0n) is 12.3. The average molecular weight is 302 g/mol. The molecule has 2 aromatic rings. The summed E-state index contributed by atoms with van der Waals surface area (Å²) in [7, 11) is -3.21. The molecule has 0 bridgehead atoms. The number of benzene rings is 2. The fourth-order valence-electron chi connectivity index (χ4n) is 1.90. The van der Waals surface area contributed by atoms with Gasteiger partial charge < -0.3 is 0 Å². The first-order valence-electron chi connectivity index (χ1n) is 6.98. The molecule has 4 heteroatoms. The number of sulfonamides is 1. The fourth-order valence-corrected chi connectivity index (χ4v) is 2.60. The number of nitrogens with one attached hydrogen (secondary N) is 1. The Morgan fingerprint density at radius 2 is 1.71 bits per heavy atom. The average Bonchev–Trinajstić information content (AvgIpc) is 2.47. The van der Waals surface area contributed by atoms with Crippen molar-refractivity contribution in [1.29, 1.82) is 0 Å². The molecule has 0 aliphatic rings. The third kappa shape index (κ3) is 4.69. The van der Waals surface area contributed by atoms with Gasteiger partial charge in [0, 0.05) is 6.54 Å². The molecule has 2 aromatic carbocycles. The van der Waals surface area contributed by atoms with Gasteiger partial charge in [0.05, 0.1) is 5.25 Å². The first-order chi connectivity index (χ1) is 9.97. The lowest BCUT2D eigenvalue weighted by Gasteiger charge is -2.10. The summed E-state index contributed by atoms with van der Waals surface area (Å²) in [6.07, 6.45) is 0.856. The monoisotopic (exact) mass is 302 g/mol. The Balaban J connectivity index is 1.96. The first-order valence-corrected chi connectivity index (χ1v) is 8.53. The Morgan fingerprint density at radius 3 is 2.29 bits per heavy atom. The van der Waals surface area contributed by atoms with Crippen LogP contribution < -0.4 is 4.72 Å². The summed E-state index contributed by atoms with van der Waals surface area (Å²) in [6, 6.07) is 19.0. The van der Waals surface area contributed by atoms with Gasteiger partial charge in [0.2, 0.25) is 10.0 Å². The first kappa shape index (κ1) is 15.7. The molecule has 3 nitrogen and oxygen atoms in total. The molecule has 0 aliphatic carbocycles. The highest BCUT2D eigenvalue weighted by Crippen LogP contribution is 2.11. The summed E-state index contributed by atoms with van der Waals surface area (Å²) in [4.78, 5) is 0. The lowest BCUT2D eigenvalue weighted by atomic mass is 10.0. The maximum Gasteiger partial charge on any atom is 0.214 e. The fraction of sp³-hybridized carbons (Fsp3) is 0.294. The van der Waals surface area contributed by atoms with Crippen LogP contribution in [0.3, 0.4) is 0 Å². The van der Waals surface area contributed by atoms with Crippen molar-refractivity contribution >= 4 is 10.0 Å². The molecule has 0 saturated heterocycles. The normalized spacial score (nSPS) is 11.8. The lowest BCUT2D eigenvalue weighted by Crippen LogP contribution is -2.30. The molecule has 0 amide bonds. The predicted octanol–water partition coefficient (Wildman–Crippen LogP) is 2.91. The van der Waals surface area contributed by atoms with E-state index < -0.39 is 15.3 Å². The Hall–Kier alpha value is -1.65. The number of hydrogen-bond acceptors (Lipinski definition) is 2. The van der Waals surface area contributed by atoms with E-state index >= 15 is 0 Å². The maximum absolute atomic E-state index is 11.7. The number of hydrogen-bond donors (Lipinski definition) is 1. The van der Waals surface area contributed by atoms with Crippen LogP contribution in [0.5, 0.6) is 0 Å². The van der Waals surface area contributed by atoms with Crippen molar-refractivity contribution in [3.63, 3.8) is 0 Å². The molecule has 21 heavy (non-hydrogen) atoms. The van der Waals surface area contributed by atoms with E-state index in [0.29, 0.717) is 6.54 Å². The molecule has 0 unspecified atom stereocenters. The van der Waals surface area contributed by atoms with Gasteiger partial charge in [-0.05, 0) is 43.0 Å². The number of rotatable bonds is 6. The van der Waals surface area contributed by atoms with E-state index in [2.05, 4.69) is 16.9 Å². The minimum absolute atomic E-state index is 0.333. The molecule has 111 valence electrons. The summed E-state index contributed by atoms with van der Waals surface area (Å²) < 4.78 is 26.0. The molecule has 1 N–H and O–H groups in total. The van der Waals surface area contributed by atoms with Crippen molar-refractivity contribution < 1.29 is 8.42 Å². The van der Waals surface area contributed by atoms with Crippen LogP contribution in [0.25, 0.3) is 0 Å². The predicted molar refractivity (Wildman–Crippen MR) is 85.4 cm³/mol. The standard InChI is InChI=1S/C17H20NO2S/c1-14(2)21(19,20)18-13-17-10-8-16(9-11-17)12-15-6-4-3-5-7-15/h3-4,6-11,14,18H,12-13H2,1-2H3. The van der Waals surface area contributed by atoms with Crippen molar-refractivity contribution in [1.82, 2.24) is 4.72 Å². The van der Waals surface area contributed by atoms with Crippen LogP contribution in [0.4, 0.5) is 0 Å². The quantitative estimate of drug-likeness (QED) is 0.892. The van der Waals surface area contributed by atoms with Gasteiger partial charge in [-0.1, -0.05) is 48.5 Å². The second kappa shape index (κ2) is 6.87.